The van der Waals surface area contributed by atoms with Crippen molar-refractivity contribution in [2.75, 3.05) is 6.61 Å². The van der Waals surface area contributed by atoms with Gasteiger partial charge in [0, 0.05) is 10.0 Å². The third-order valence-electron chi connectivity index (χ3n) is 5.93. The number of hydrogen-bond donors (Lipinski definition) is 1. The van der Waals surface area contributed by atoms with Crippen molar-refractivity contribution in [3.8, 4) is 0 Å². The highest BCUT2D eigenvalue weighted by Crippen LogP contribution is 2.55. The predicted octanol–water partition coefficient (Wildman–Crippen LogP) is 3.83. The molecule has 4 aliphatic rings. The molecule has 0 atom stereocenters. The van der Waals surface area contributed by atoms with E-state index in [2.05, 4.69) is 21.2 Å². The van der Waals surface area contributed by atoms with Crippen LogP contribution in [0.15, 0.2) is 22.7 Å². The second-order valence-corrected chi connectivity index (χ2v) is 8.80. The molecular formula is C19H21BrFNO3. The van der Waals surface area contributed by atoms with E-state index in [-0.39, 0.29) is 23.6 Å². The van der Waals surface area contributed by atoms with Gasteiger partial charge in [-0.05, 0) is 90.4 Å². The SMILES string of the molecule is O=C(COC(=O)c1ccc(F)cc1Br)NC12CC3CC(CC(C3)C1)C2. The van der Waals surface area contributed by atoms with Gasteiger partial charge < -0.3 is 10.1 Å². The van der Waals surface area contributed by atoms with Crippen LogP contribution in [0.2, 0.25) is 0 Å². The second-order valence-electron chi connectivity index (χ2n) is 7.95. The van der Waals surface area contributed by atoms with Crippen LogP contribution < -0.4 is 5.32 Å². The van der Waals surface area contributed by atoms with Crippen molar-refractivity contribution < 1.29 is 18.7 Å². The molecule has 4 fully saturated rings. The second kappa shape index (κ2) is 6.38. The third kappa shape index (κ3) is 3.46. The first-order valence-corrected chi connectivity index (χ1v) is 9.65. The molecule has 1 amide bonds. The number of hydrogen-bond acceptors (Lipinski definition) is 3. The van der Waals surface area contributed by atoms with Gasteiger partial charge >= 0.3 is 5.97 Å². The first-order chi connectivity index (χ1) is 11.9. The van der Waals surface area contributed by atoms with Gasteiger partial charge in [-0.2, -0.15) is 0 Å². The van der Waals surface area contributed by atoms with Crippen LogP contribution in [0.1, 0.15) is 48.9 Å². The summed E-state index contributed by atoms with van der Waals surface area (Å²) in [5.74, 6) is 0.905. The molecular weight excluding hydrogens is 389 g/mol. The molecule has 1 N–H and O–H groups in total. The number of nitrogens with one attached hydrogen (secondary N) is 1. The summed E-state index contributed by atoms with van der Waals surface area (Å²) >= 11 is 3.14. The largest absolute Gasteiger partial charge is 0.452 e. The monoisotopic (exact) mass is 409 g/mol. The topological polar surface area (TPSA) is 55.4 Å². The summed E-state index contributed by atoms with van der Waals surface area (Å²) in [5, 5.41) is 3.17. The Balaban J connectivity index is 1.34. The molecule has 0 spiro atoms. The highest BCUT2D eigenvalue weighted by Gasteiger charge is 2.51. The molecule has 1 aromatic rings. The summed E-state index contributed by atoms with van der Waals surface area (Å²) in [5.41, 5.74) is 0.123. The molecule has 4 saturated carbocycles. The molecule has 4 aliphatic carbocycles. The summed E-state index contributed by atoms with van der Waals surface area (Å²) in [4.78, 5) is 24.4. The Bertz CT molecular complexity index is 685. The van der Waals surface area contributed by atoms with Crippen LogP contribution in [0.5, 0.6) is 0 Å². The van der Waals surface area contributed by atoms with Crippen LogP contribution in [0.4, 0.5) is 4.39 Å². The fourth-order valence-corrected chi connectivity index (χ4v) is 5.97. The lowest BCUT2D eigenvalue weighted by Crippen LogP contribution is -2.60. The summed E-state index contributed by atoms with van der Waals surface area (Å²) in [6, 6.07) is 3.74. The summed E-state index contributed by atoms with van der Waals surface area (Å²) in [7, 11) is 0. The van der Waals surface area contributed by atoms with Crippen LogP contribution in [-0.2, 0) is 9.53 Å². The molecule has 0 unspecified atom stereocenters. The van der Waals surface area contributed by atoms with E-state index in [1.54, 1.807) is 0 Å². The van der Waals surface area contributed by atoms with E-state index in [0.29, 0.717) is 4.47 Å². The number of amides is 1. The Morgan fingerprint density at radius 1 is 1.16 bits per heavy atom. The molecule has 1 aromatic carbocycles. The number of carbonyl (C=O) groups excluding carboxylic acids is 2. The Morgan fingerprint density at radius 2 is 1.76 bits per heavy atom. The number of esters is 1. The molecule has 4 nitrogen and oxygen atoms in total. The van der Waals surface area contributed by atoms with Gasteiger partial charge in [-0.25, -0.2) is 9.18 Å². The summed E-state index contributed by atoms with van der Waals surface area (Å²) < 4.78 is 18.5. The minimum absolute atomic E-state index is 0.0886. The minimum Gasteiger partial charge on any atom is -0.452 e. The summed E-state index contributed by atoms with van der Waals surface area (Å²) in [6.45, 7) is -0.301. The van der Waals surface area contributed by atoms with E-state index in [9.17, 15) is 14.0 Å². The molecule has 0 radical (unpaired) electrons. The number of carbonyl (C=O) groups is 2. The number of rotatable bonds is 4. The van der Waals surface area contributed by atoms with Gasteiger partial charge in [0.15, 0.2) is 6.61 Å². The van der Waals surface area contributed by atoms with E-state index < -0.39 is 11.8 Å². The van der Waals surface area contributed by atoms with Crippen LogP contribution >= 0.6 is 15.9 Å². The van der Waals surface area contributed by atoms with Crippen molar-refractivity contribution in [3.05, 3.63) is 34.1 Å². The van der Waals surface area contributed by atoms with E-state index >= 15 is 0 Å². The zero-order valence-corrected chi connectivity index (χ0v) is 15.5. The van der Waals surface area contributed by atoms with Crippen LogP contribution in [0.3, 0.4) is 0 Å². The highest BCUT2D eigenvalue weighted by molar-refractivity contribution is 9.10. The number of benzene rings is 1. The average Bonchev–Trinajstić information content (AvgIpc) is 2.50. The van der Waals surface area contributed by atoms with Crippen molar-refractivity contribution >= 4 is 27.8 Å². The third-order valence-corrected chi connectivity index (χ3v) is 6.58. The number of ether oxygens (including phenoxy) is 1. The first-order valence-electron chi connectivity index (χ1n) is 8.86. The van der Waals surface area contributed by atoms with Gasteiger partial charge in [-0.3, -0.25) is 4.79 Å². The fraction of sp³-hybridized carbons (Fsp3) is 0.579. The molecule has 25 heavy (non-hydrogen) atoms. The summed E-state index contributed by atoms with van der Waals surface area (Å²) in [6.07, 6.45) is 7.10. The van der Waals surface area contributed by atoms with Crippen molar-refractivity contribution in [1.82, 2.24) is 5.32 Å². The quantitative estimate of drug-likeness (QED) is 0.768. The Kier molecular flexibility index (Phi) is 4.34. The van der Waals surface area contributed by atoms with Gasteiger partial charge in [0.2, 0.25) is 0 Å². The maximum absolute atomic E-state index is 13.1. The molecule has 5 rings (SSSR count). The zero-order valence-electron chi connectivity index (χ0n) is 13.9. The lowest BCUT2D eigenvalue weighted by Gasteiger charge is -2.56. The van der Waals surface area contributed by atoms with E-state index in [1.165, 1.54) is 37.5 Å². The normalized spacial score (nSPS) is 32.5. The zero-order chi connectivity index (χ0) is 17.6. The van der Waals surface area contributed by atoms with Gasteiger partial charge in [0.25, 0.3) is 5.91 Å². The first kappa shape index (κ1) is 17.0. The van der Waals surface area contributed by atoms with Gasteiger partial charge in [-0.1, -0.05) is 0 Å². The molecule has 0 saturated heterocycles. The molecule has 0 aliphatic heterocycles. The Morgan fingerprint density at radius 3 is 2.32 bits per heavy atom. The predicted molar refractivity (Wildman–Crippen MR) is 93.4 cm³/mol. The standard InChI is InChI=1S/C19H21BrFNO3/c20-16-6-14(21)1-2-15(16)18(24)25-10-17(23)22-19-7-11-3-12(8-19)5-13(4-11)9-19/h1-2,6,11-13H,3-5,7-10H2,(H,22,23). The number of halogens is 2. The van der Waals surface area contributed by atoms with Gasteiger partial charge in [-0.15, -0.1) is 0 Å². The van der Waals surface area contributed by atoms with Crippen molar-refractivity contribution in [1.29, 1.82) is 0 Å². The molecule has 0 aromatic heterocycles. The van der Waals surface area contributed by atoms with Crippen molar-refractivity contribution in [2.24, 2.45) is 17.8 Å². The lowest BCUT2D eigenvalue weighted by molar-refractivity contribution is -0.130. The van der Waals surface area contributed by atoms with E-state index in [0.717, 1.165) is 37.0 Å². The maximum Gasteiger partial charge on any atom is 0.339 e. The molecule has 4 bridgehead atoms. The van der Waals surface area contributed by atoms with Crippen molar-refractivity contribution in [3.63, 3.8) is 0 Å². The van der Waals surface area contributed by atoms with Crippen LogP contribution in [0.25, 0.3) is 0 Å². The van der Waals surface area contributed by atoms with E-state index in [4.69, 9.17) is 4.74 Å². The van der Waals surface area contributed by atoms with Crippen LogP contribution in [-0.4, -0.2) is 24.0 Å². The Labute approximate surface area is 154 Å². The average molecular weight is 410 g/mol. The maximum atomic E-state index is 13.1. The molecule has 0 heterocycles. The highest BCUT2D eigenvalue weighted by atomic mass is 79.9. The van der Waals surface area contributed by atoms with Gasteiger partial charge in [0.05, 0.1) is 5.56 Å². The fourth-order valence-electron chi connectivity index (χ4n) is 5.46. The molecule has 6 heteroatoms. The molecule has 134 valence electrons. The van der Waals surface area contributed by atoms with Crippen molar-refractivity contribution in [2.45, 2.75) is 44.1 Å². The lowest BCUT2D eigenvalue weighted by atomic mass is 9.53. The Hall–Kier alpha value is -1.43. The smallest absolute Gasteiger partial charge is 0.339 e. The van der Waals surface area contributed by atoms with E-state index in [1.807, 2.05) is 0 Å². The minimum atomic E-state index is -0.632. The van der Waals surface area contributed by atoms with Crippen LogP contribution in [0, 0.1) is 23.6 Å². The van der Waals surface area contributed by atoms with Gasteiger partial charge in [0.1, 0.15) is 5.82 Å².